The van der Waals surface area contributed by atoms with E-state index in [9.17, 15) is 0 Å². The second-order valence-electron chi connectivity index (χ2n) is 4.31. The molecule has 0 atom stereocenters. The van der Waals surface area contributed by atoms with Gasteiger partial charge in [-0.2, -0.15) is 0 Å². The van der Waals surface area contributed by atoms with Gasteiger partial charge >= 0.3 is 0 Å². The van der Waals surface area contributed by atoms with Gasteiger partial charge in [-0.25, -0.2) is 4.98 Å². The highest BCUT2D eigenvalue weighted by atomic mass is 32.1. The van der Waals surface area contributed by atoms with Gasteiger partial charge in [0.05, 0.1) is 18.5 Å². The van der Waals surface area contributed by atoms with E-state index >= 15 is 0 Å². The maximum atomic E-state index is 5.36. The van der Waals surface area contributed by atoms with E-state index in [2.05, 4.69) is 34.4 Å². The summed E-state index contributed by atoms with van der Waals surface area (Å²) in [4.78, 5) is 6.78. The molecule has 0 unspecified atom stereocenters. The van der Waals surface area contributed by atoms with Crippen molar-refractivity contribution >= 4 is 17.0 Å². The maximum absolute atomic E-state index is 5.36. The number of hydrogen-bond donors (Lipinski definition) is 0. The molecule has 1 aromatic carbocycles. The lowest BCUT2D eigenvalue weighted by atomic mass is 10.3. The maximum Gasteiger partial charge on any atom is 0.162 e. The van der Waals surface area contributed by atoms with Gasteiger partial charge in [-0.05, 0) is 24.3 Å². The molecular weight excluding hydrogens is 256 g/mol. The number of para-hydroxylation sites is 1. The van der Waals surface area contributed by atoms with Crippen molar-refractivity contribution in [2.24, 2.45) is 0 Å². The van der Waals surface area contributed by atoms with Crippen LogP contribution < -0.4 is 4.90 Å². The number of nitrogens with zero attached hydrogens (tertiary/aromatic N) is 2. The van der Waals surface area contributed by atoms with Crippen molar-refractivity contribution in [3.8, 4) is 10.8 Å². The normalized spacial score (nSPS) is 10.6. The molecule has 19 heavy (non-hydrogen) atoms. The summed E-state index contributed by atoms with van der Waals surface area (Å²) in [5, 5.41) is 3.01. The first-order valence-corrected chi connectivity index (χ1v) is 6.95. The predicted molar refractivity (Wildman–Crippen MR) is 78.4 cm³/mol. The quantitative estimate of drug-likeness (QED) is 0.716. The van der Waals surface area contributed by atoms with Crippen LogP contribution in [0.3, 0.4) is 0 Å². The van der Waals surface area contributed by atoms with Crippen LogP contribution in [-0.4, -0.2) is 12.0 Å². The average molecular weight is 270 g/mol. The fourth-order valence-electron chi connectivity index (χ4n) is 1.91. The Morgan fingerprint density at radius 1 is 1.16 bits per heavy atom. The zero-order valence-corrected chi connectivity index (χ0v) is 11.4. The second kappa shape index (κ2) is 5.28. The van der Waals surface area contributed by atoms with Crippen molar-refractivity contribution in [1.29, 1.82) is 0 Å². The van der Waals surface area contributed by atoms with Crippen molar-refractivity contribution in [3.05, 3.63) is 59.8 Å². The van der Waals surface area contributed by atoms with Crippen molar-refractivity contribution in [3.63, 3.8) is 0 Å². The lowest BCUT2D eigenvalue weighted by molar-refractivity contribution is 0.581. The third-order valence-corrected chi connectivity index (χ3v) is 3.79. The number of anilines is 1. The third kappa shape index (κ3) is 2.69. The molecular formula is C15H14N2OS. The van der Waals surface area contributed by atoms with Crippen molar-refractivity contribution in [1.82, 2.24) is 4.98 Å². The van der Waals surface area contributed by atoms with Gasteiger partial charge in [0.1, 0.15) is 0 Å². The Bertz CT molecular complexity index is 631. The molecule has 0 fully saturated rings. The number of thiazole rings is 1. The van der Waals surface area contributed by atoms with Gasteiger partial charge in [0.2, 0.25) is 0 Å². The Hall–Kier alpha value is -2.07. The van der Waals surface area contributed by atoms with Gasteiger partial charge in [-0.1, -0.05) is 18.2 Å². The lowest BCUT2D eigenvalue weighted by Gasteiger charge is -2.17. The van der Waals surface area contributed by atoms with Crippen LogP contribution in [0.15, 0.2) is 58.5 Å². The monoisotopic (exact) mass is 270 g/mol. The highest BCUT2D eigenvalue weighted by Gasteiger charge is 2.09. The standard InChI is InChI=1S/C15H14N2OS/c1-17(13-6-3-2-4-7-13)10-12-11-19-15(16-12)14-8-5-9-18-14/h2-9,11H,10H2,1H3. The topological polar surface area (TPSA) is 29.3 Å². The Labute approximate surface area is 116 Å². The minimum atomic E-state index is 0.793. The van der Waals surface area contributed by atoms with Crippen LogP contribution in [0.5, 0.6) is 0 Å². The highest BCUT2D eigenvalue weighted by Crippen LogP contribution is 2.25. The van der Waals surface area contributed by atoms with Gasteiger partial charge in [-0.3, -0.25) is 0 Å². The molecule has 0 spiro atoms. The Balaban J connectivity index is 1.74. The molecule has 4 heteroatoms. The molecule has 2 heterocycles. The summed E-state index contributed by atoms with van der Waals surface area (Å²) < 4.78 is 5.36. The summed E-state index contributed by atoms with van der Waals surface area (Å²) in [7, 11) is 2.07. The summed E-state index contributed by atoms with van der Waals surface area (Å²) in [5.41, 5.74) is 2.25. The fourth-order valence-corrected chi connectivity index (χ4v) is 2.69. The van der Waals surface area contributed by atoms with E-state index in [1.165, 1.54) is 5.69 Å². The summed E-state index contributed by atoms with van der Waals surface area (Å²) in [5.74, 6) is 0.832. The first-order valence-electron chi connectivity index (χ1n) is 6.07. The summed E-state index contributed by atoms with van der Waals surface area (Å²) >= 11 is 1.61. The molecule has 0 N–H and O–H groups in total. The summed E-state index contributed by atoms with van der Waals surface area (Å²) in [6, 6.07) is 14.1. The first-order chi connectivity index (χ1) is 9.33. The minimum Gasteiger partial charge on any atom is -0.462 e. The largest absolute Gasteiger partial charge is 0.462 e. The zero-order valence-electron chi connectivity index (χ0n) is 10.6. The molecule has 2 aromatic heterocycles. The van der Waals surface area contributed by atoms with Crippen LogP contribution in [0, 0.1) is 0 Å². The SMILES string of the molecule is CN(Cc1csc(-c2ccco2)n1)c1ccccc1. The van der Waals surface area contributed by atoms with Crippen LogP contribution in [0.4, 0.5) is 5.69 Å². The molecule has 0 aliphatic carbocycles. The van der Waals surface area contributed by atoms with E-state index in [-0.39, 0.29) is 0 Å². The molecule has 0 aliphatic heterocycles. The molecule has 0 radical (unpaired) electrons. The summed E-state index contributed by atoms with van der Waals surface area (Å²) in [6.07, 6.45) is 1.67. The number of furan rings is 1. The summed E-state index contributed by atoms with van der Waals surface area (Å²) in [6.45, 7) is 0.793. The number of aromatic nitrogens is 1. The van der Waals surface area contributed by atoms with Crippen molar-refractivity contribution < 1.29 is 4.42 Å². The molecule has 0 saturated heterocycles. The first kappa shape index (κ1) is 12.0. The van der Waals surface area contributed by atoms with Gasteiger partial charge in [0.15, 0.2) is 10.8 Å². The van der Waals surface area contributed by atoms with E-state index in [1.807, 2.05) is 30.3 Å². The molecule has 3 nitrogen and oxygen atoms in total. The van der Waals surface area contributed by atoms with Crippen LogP contribution in [0.1, 0.15) is 5.69 Å². The van der Waals surface area contributed by atoms with E-state index in [0.29, 0.717) is 0 Å². The average Bonchev–Trinajstić information content (AvgIpc) is 3.10. The second-order valence-corrected chi connectivity index (χ2v) is 5.17. The van der Waals surface area contributed by atoms with Crippen LogP contribution in [-0.2, 0) is 6.54 Å². The predicted octanol–water partition coefficient (Wildman–Crippen LogP) is 4.04. The Kier molecular flexibility index (Phi) is 3.33. The van der Waals surface area contributed by atoms with E-state index in [4.69, 9.17) is 4.42 Å². The molecule has 0 saturated carbocycles. The fraction of sp³-hybridized carbons (Fsp3) is 0.133. The van der Waals surface area contributed by atoms with Crippen molar-refractivity contribution in [2.45, 2.75) is 6.54 Å². The molecule has 0 bridgehead atoms. The Morgan fingerprint density at radius 2 is 2.00 bits per heavy atom. The van der Waals surface area contributed by atoms with Gasteiger partial charge in [0, 0.05) is 18.1 Å². The van der Waals surface area contributed by atoms with Crippen LogP contribution in [0.25, 0.3) is 10.8 Å². The van der Waals surface area contributed by atoms with E-state index in [1.54, 1.807) is 17.6 Å². The van der Waals surface area contributed by atoms with Crippen LogP contribution >= 0.6 is 11.3 Å². The molecule has 3 rings (SSSR count). The van der Waals surface area contributed by atoms with Gasteiger partial charge in [-0.15, -0.1) is 11.3 Å². The van der Waals surface area contributed by atoms with E-state index in [0.717, 1.165) is 23.0 Å². The van der Waals surface area contributed by atoms with Gasteiger partial charge < -0.3 is 9.32 Å². The third-order valence-electron chi connectivity index (χ3n) is 2.88. The van der Waals surface area contributed by atoms with E-state index < -0.39 is 0 Å². The smallest absolute Gasteiger partial charge is 0.162 e. The molecule has 3 aromatic rings. The number of hydrogen-bond acceptors (Lipinski definition) is 4. The molecule has 96 valence electrons. The molecule has 0 aliphatic rings. The number of rotatable bonds is 4. The van der Waals surface area contributed by atoms with Crippen molar-refractivity contribution in [2.75, 3.05) is 11.9 Å². The zero-order chi connectivity index (χ0) is 13.1. The molecule has 0 amide bonds. The minimum absolute atomic E-state index is 0.793. The van der Waals surface area contributed by atoms with Crippen LogP contribution in [0.2, 0.25) is 0 Å². The van der Waals surface area contributed by atoms with Gasteiger partial charge in [0.25, 0.3) is 0 Å². The number of benzene rings is 1. The Morgan fingerprint density at radius 3 is 2.74 bits per heavy atom. The highest BCUT2D eigenvalue weighted by molar-refractivity contribution is 7.13. The lowest BCUT2D eigenvalue weighted by Crippen LogP contribution is -2.16.